The van der Waals surface area contributed by atoms with Crippen LogP contribution in [-0.4, -0.2) is 20.6 Å². The first-order chi connectivity index (χ1) is 13.9. The van der Waals surface area contributed by atoms with Crippen molar-refractivity contribution in [1.29, 1.82) is 0 Å². The van der Waals surface area contributed by atoms with Crippen LogP contribution in [0.3, 0.4) is 0 Å². The molecule has 6 nitrogen and oxygen atoms in total. The molecule has 0 aliphatic rings. The second-order valence-electron chi connectivity index (χ2n) is 6.46. The van der Waals surface area contributed by atoms with Gasteiger partial charge in [-0.15, -0.1) is 11.8 Å². The molecule has 1 aromatic heterocycles. The van der Waals surface area contributed by atoms with Gasteiger partial charge in [0.15, 0.2) is 0 Å². The first kappa shape index (κ1) is 19.4. The number of amides is 1. The third-order valence-electron chi connectivity index (χ3n) is 4.42. The number of hydrogen-bond acceptors (Lipinski definition) is 5. The molecule has 0 unspecified atom stereocenters. The van der Waals surface area contributed by atoms with Crippen LogP contribution in [0.4, 0.5) is 11.4 Å². The van der Waals surface area contributed by atoms with Gasteiger partial charge in [0.1, 0.15) is 11.2 Å². The summed E-state index contributed by atoms with van der Waals surface area (Å²) < 4.78 is 34.2. The van der Waals surface area contributed by atoms with E-state index in [0.717, 1.165) is 21.3 Å². The van der Waals surface area contributed by atoms with Gasteiger partial charge in [0.2, 0.25) is 5.91 Å². The predicted octanol–water partition coefficient (Wildman–Crippen LogP) is 5.07. The Balaban J connectivity index is 1.69. The maximum absolute atomic E-state index is 12.9. The Kier molecular flexibility index (Phi) is 4.97. The van der Waals surface area contributed by atoms with E-state index >= 15 is 0 Å². The van der Waals surface area contributed by atoms with E-state index in [-0.39, 0.29) is 10.8 Å². The summed E-state index contributed by atoms with van der Waals surface area (Å²) in [5.74, 6) is -0.266. The van der Waals surface area contributed by atoms with Crippen LogP contribution in [0.15, 0.2) is 74.9 Å². The molecule has 0 radical (unpaired) electrons. The molecular weight excluding hydrogens is 408 g/mol. The summed E-state index contributed by atoms with van der Waals surface area (Å²) in [5, 5.41) is 4.57. The average molecular weight is 427 g/mol. The van der Waals surface area contributed by atoms with Crippen molar-refractivity contribution >= 4 is 61.0 Å². The van der Waals surface area contributed by atoms with Crippen molar-refractivity contribution in [3.8, 4) is 0 Å². The zero-order chi connectivity index (χ0) is 20.6. The highest BCUT2D eigenvalue weighted by Crippen LogP contribution is 2.32. The fraction of sp³-hybridized carbons (Fsp3) is 0.0952. The molecule has 0 fully saturated rings. The molecule has 1 heterocycles. The number of nitrogens with one attached hydrogen (secondary N) is 2. The van der Waals surface area contributed by atoms with Crippen molar-refractivity contribution < 1.29 is 17.6 Å². The molecule has 0 saturated heterocycles. The molecule has 4 aromatic rings. The van der Waals surface area contributed by atoms with Crippen molar-refractivity contribution in [3.63, 3.8) is 0 Å². The topological polar surface area (TPSA) is 88.4 Å². The summed E-state index contributed by atoms with van der Waals surface area (Å²) in [6.07, 6.45) is 1.86. The molecule has 29 heavy (non-hydrogen) atoms. The number of carbonyl (C=O) groups is 1. The average Bonchev–Trinajstić information content (AvgIpc) is 3.04. The van der Waals surface area contributed by atoms with E-state index in [1.165, 1.54) is 30.8 Å². The lowest BCUT2D eigenvalue weighted by molar-refractivity contribution is -0.114. The lowest BCUT2D eigenvalue weighted by Gasteiger charge is -2.12. The predicted molar refractivity (Wildman–Crippen MR) is 117 cm³/mol. The van der Waals surface area contributed by atoms with Gasteiger partial charge in [-0.3, -0.25) is 9.52 Å². The Hall–Kier alpha value is -2.97. The second kappa shape index (κ2) is 7.46. The van der Waals surface area contributed by atoms with E-state index in [0.29, 0.717) is 17.0 Å². The highest BCUT2D eigenvalue weighted by atomic mass is 32.2. The molecule has 0 aliphatic heterocycles. The molecular formula is C21H18N2O4S2. The van der Waals surface area contributed by atoms with E-state index < -0.39 is 10.0 Å². The lowest BCUT2D eigenvalue weighted by atomic mass is 10.1. The van der Waals surface area contributed by atoms with Crippen LogP contribution in [0.2, 0.25) is 0 Å². The fourth-order valence-corrected chi connectivity index (χ4v) is 4.75. The summed E-state index contributed by atoms with van der Waals surface area (Å²) in [6, 6.07) is 17.5. The molecule has 0 saturated carbocycles. The van der Waals surface area contributed by atoms with Gasteiger partial charge in [0, 0.05) is 28.7 Å². The number of sulfonamides is 1. The number of furan rings is 1. The Labute approximate surface area is 172 Å². The van der Waals surface area contributed by atoms with Gasteiger partial charge in [-0.2, -0.15) is 0 Å². The SMILES string of the molecule is CSc1ccc(S(=O)(=O)Nc2ccc3c(c2)oc2ccccc23)cc1NC(C)=O. The molecule has 3 aromatic carbocycles. The highest BCUT2D eigenvalue weighted by molar-refractivity contribution is 7.98. The molecule has 148 valence electrons. The first-order valence-corrected chi connectivity index (χ1v) is 11.5. The van der Waals surface area contributed by atoms with Crippen molar-refractivity contribution in [3.05, 3.63) is 60.7 Å². The van der Waals surface area contributed by atoms with Crippen LogP contribution < -0.4 is 10.0 Å². The summed E-state index contributed by atoms with van der Waals surface area (Å²) in [5.41, 5.74) is 2.20. The maximum atomic E-state index is 12.9. The van der Waals surface area contributed by atoms with Crippen molar-refractivity contribution in [2.24, 2.45) is 0 Å². The summed E-state index contributed by atoms with van der Waals surface area (Å²) in [4.78, 5) is 12.3. The molecule has 8 heteroatoms. The normalized spacial score (nSPS) is 11.7. The van der Waals surface area contributed by atoms with Crippen LogP contribution >= 0.6 is 11.8 Å². The van der Waals surface area contributed by atoms with Crippen molar-refractivity contribution in [2.45, 2.75) is 16.7 Å². The van der Waals surface area contributed by atoms with Crippen LogP contribution in [-0.2, 0) is 14.8 Å². The van der Waals surface area contributed by atoms with E-state index in [1.807, 2.05) is 36.6 Å². The van der Waals surface area contributed by atoms with Crippen LogP contribution in [0, 0.1) is 0 Å². The Bertz CT molecular complexity index is 1340. The number of fused-ring (bicyclic) bond motifs is 3. The second-order valence-corrected chi connectivity index (χ2v) is 8.99. The minimum atomic E-state index is -3.85. The summed E-state index contributed by atoms with van der Waals surface area (Å²) in [7, 11) is -3.85. The van der Waals surface area contributed by atoms with E-state index in [4.69, 9.17) is 4.42 Å². The number of hydrogen-bond donors (Lipinski definition) is 2. The van der Waals surface area contributed by atoms with Gasteiger partial charge in [-0.05, 0) is 42.7 Å². The van der Waals surface area contributed by atoms with Crippen LogP contribution in [0.1, 0.15) is 6.92 Å². The minimum Gasteiger partial charge on any atom is -0.456 e. The van der Waals surface area contributed by atoms with Gasteiger partial charge >= 0.3 is 0 Å². The molecule has 0 atom stereocenters. The minimum absolute atomic E-state index is 0.0590. The van der Waals surface area contributed by atoms with E-state index in [9.17, 15) is 13.2 Å². The molecule has 0 aliphatic carbocycles. The lowest BCUT2D eigenvalue weighted by Crippen LogP contribution is -2.14. The Morgan fingerprint density at radius 2 is 1.72 bits per heavy atom. The third kappa shape index (κ3) is 3.81. The standard InChI is InChI=1S/C21H18N2O4S2/c1-13(24)22-18-12-15(8-10-21(18)28-2)29(25,26)23-14-7-9-17-16-5-3-4-6-19(16)27-20(17)11-14/h3-12,23H,1-2H3,(H,22,24). The van der Waals surface area contributed by atoms with Gasteiger partial charge < -0.3 is 9.73 Å². The smallest absolute Gasteiger partial charge is 0.261 e. The largest absolute Gasteiger partial charge is 0.456 e. The fourth-order valence-electron chi connectivity index (χ4n) is 3.15. The van der Waals surface area contributed by atoms with Crippen LogP contribution in [0.5, 0.6) is 0 Å². The van der Waals surface area contributed by atoms with E-state index in [1.54, 1.807) is 18.2 Å². The quantitative estimate of drug-likeness (QED) is 0.435. The van der Waals surface area contributed by atoms with Gasteiger partial charge in [-0.1, -0.05) is 18.2 Å². The zero-order valence-corrected chi connectivity index (χ0v) is 17.4. The maximum Gasteiger partial charge on any atom is 0.261 e. The monoisotopic (exact) mass is 426 g/mol. The number of anilines is 2. The third-order valence-corrected chi connectivity index (χ3v) is 6.60. The van der Waals surface area contributed by atoms with Gasteiger partial charge in [0.25, 0.3) is 10.0 Å². The Morgan fingerprint density at radius 3 is 2.48 bits per heavy atom. The summed E-state index contributed by atoms with van der Waals surface area (Å²) >= 11 is 1.42. The number of benzene rings is 3. The molecule has 0 spiro atoms. The van der Waals surface area contributed by atoms with Crippen molar-refractivity contribution in [1.82, 2.24) is 0 Å². The molecule has 1 amide bonds. The first-order valence-electron chi connectivity index (χ1n) is 8.77. The molecule has 0 bridgehead atoms. The van der Waals surface area contributed by atoms with Crippen molar-refractivity contribution in [2.75, 3.05) is 16.3 Å². The van der Waals surface area contributed by atoms with Crippen LogP contribution in [0.25, 0.3) is 21.9 Å². The number of rotatable bonds is 5. The van der Waals surface area contributed by atoms with Gasteiger partial charge in [0.05, 0.1) is 16.3 Å². The highest BCUT2D eigenvalue weighted by Gasteiger charge is 2.18. The number of para-hydroxylation sites is 1. The van der Waals surface area contributed by atoms with Gasteiger partial charge in [-0.25, -0.2) is 8.42 Å². The molecule has 2 N–H and O–H groups in total. The number of thioether (sulfide) groups is 1. The zero-order valence-electron chi connectivity index (χ0n) is 15.7. The van der Waals surface area contributed by atoms with E-state index in [2.05, 4.69) is 10.0 Å². The Morgan fingerprint density at radius 1 is 0.966 bits per heavy atom. The summed E-state index contributed by atoms with van der Waals surface area (Å²) in [6.45, 7) is 1.38. The number of carbonyl (C=O) groups excluding carboxylic acids is 1. The molecule has 4 rings (SSSR count).